The minimum atomic E-state index is -0.899. The van der Waals surface area contributed by atoms with Crippen LogP contribution in [0.1, 0.15) is 12.8 Å². The van der Waals surface area contributed by atoms with Crippen molar-refractivity contribution in [1.29, 1.82) is 0 Å². The Morgan fingerprint density at radius 2 is 2.00 bits per heavy atom. The van der Waals surface area contributed by atoms with Gasteiger partial charge in [-0.25, -0.2) is 0 Å². The van der Waals surface area contributed by atoms with Crippen LogP contribution in [-0.4, -0.2) is 28.9 Å². The average molecular weight is 224 g/mol. The van der Waals surface area contributed by atoms with Crippen LogP contribution in [-0.2, 0) is 9.59 Å². The second kappa shape index (κ2) is 6.15. The minimum absolute atomic E-state index is 0.0198. The van der Waals surface area contributed by atoms with E-state index in [0.29, 0.717) is 11.8 Å². The van der Waals surface area contributed by atoms with E-state index in [0.717, 1.165) is 0 Å². The Bertz CT molecular complexity index is 149. The Hall–Kier alpha value is -0.580. The Labute approximate surface area is 73.1 Å². The Morgan fingerprint density at radius 1 is 1.36 bits per heavy atom. The lowest BCUT2D eigenvalue weighted by Gasteiger charge is -1.99. The molecule has 0 spiro atoms. The molecule has 0 aromatic carbocycles. The smallest absolute Gasteiger partial charge is 0.305 e. The summed E-state index contributed by atoms with van der Waals surface area (Å²) in [6.07, 6.45) is 0.369. The molecule has 0 fully saturated rings. The topological polar surface area (TPSA) is 66.4 Å². The van der Waals surface area contributed by atoms with Gasteiger partial charge in [-0.2, -0.15) is 0 Å². The molecule has 0 atom stereocenters. The summed E-state index contributed by atoms with van der Waals surface area (Å²) in [7, 11) is 0. The number of hydrogen-bond donors (Lipinski definition) is 2. The van der Waals surface area contributed by atoms with Gasteiger partial charge in [0, 0.05) is 18.3 Å². The van der Waals surface area contributed by atoms with Gasteiger partial charge in [0.25, 0.3) is 0 Å². The van der Waals surface area contributed by atoms with Crippen molar-refractivity contribution in [2.45, 2.75) is 12.8 Å². The molecule has 0 saturated carbocycles. The van der Waals surface area contributed by atoms with Crippen molar-refractivity contribution in [2.75, 3.05) is 11.9 Å². The number of rotatable bonds is 5. The molecule has 4 nitrogen and oxygen atoms in total. The van der Waals surface area contributed by atoms with Gasteiger partial charge >= 0.3 is 5.97 Å². The van der Waals surface area contributed by atoms with Crippen molar-refractivity contribution in [3.8, 4) is 0 Å². The number of alkyl halides is 1. The van der Waals surface area contributed by atoms with E-state index in [1.807, 2.05) is 0 Å². The zero-order valence-electron chi connectivity index (χ0n) is 5.97. The molecular weight excluding hydrogens is 214 g/mol. The Balaban J connectivity index is 3.24. The van der Waals surface area contributed by atoms with Crippen LogP contribution in [0.3, 0.4) is 0 Å². The standard InChI is InChI=1S/C6H10BrNO3/c7-3-1-5(9)8-4-2-6(10)11/h1-4H2,(H,8,9)(H,10,11). The maximum atomic E-state index is 10.7. The molecular formula is C6H10BrNO3. The predicted octanol–water partition coefficient (Wildman–Crippen LogP) is 0.362. The molecule has 0 aromatic rings. The van der Waals surface area contributed by atoms with E-state index in [4.69, 9.17) is 5.11 Å². The number of hydrogen-bond acceptors (Lipinski definition) is 2. The van der Waals surface area contributed by atoms with Gasteiger partial charge in [0.05, 0.1) is 6.42 Å². The third-order valence-electron chi connectivity index (χ3n) is 0.983. The molecule has 0 unspecified atom stereocenters. The van der Waals surface area contributed by atoms with E-state index in [1.54, 1.807) is 0 Å². The molecule has 64 valence electrons. The normalized spacial score (nSPS) is 9.18. The first-order valence-electron chi connectivity index (χ1n) is 3.21. The van der Waals surface area contributed by atoms with Crippen molar-refractivity contribution >= 4 is 27.8 Å². The molecule has 0 aliphatic heterocycles. The van der Waals surface area contributed by atoms with Crippen molar-refractivity contribution < 1.29 is 14.7 Å². The van der Waals surface area contributed by atoms with E-state index in [-0.39, 0.29) is 18.9 Å². The molecule has 0 aliphatic rings. The quantitative estimate of drug-likeness (QED) is 0.662. The van der Waals surface area contributed by atoms with E-state index < -0.39 is 5.97 Å². The molecule has 2 N–H and O–H groups in total. The number of carbonyl (C=O) groups excluding carboxylic acids is 1. The number of carboxylic acids is 1. The molecule has 0 rings (SSSR count). The average Bonchev–Trinajstić information content (AvgIpc) is 1.87. The molecule has 0 radical (unpaired) electrons. The Morgan fingerprint density at radius 3 is 2.45 bits per heavy atom. The summed E-state index contributed by atoms with van der Waals surface area (Å²) in [6.45, 7) is 0.209. The molecule has 11 heavy (non-hydrogen) atoms. The van der Waals surface area contributed by atoms with Gasteiger partial charge in [-0.1, -0.05) is 15.9 Å². The van der Waals surface area contributed by atoms with E-state index in [9.17, 15) is 9.59 Å². The molecule has 1 amide bonds. The van der Waals surface area contributed by atoms with E-state index in [2.05, 4.69) is 21.2 Å². The highest BCUT2D eigenvalue weighted by atomic mass is 79.9. The van der Waals surface area contributed by atoms with Crippen molar-refractivity contribution in [2.24, 2.45) is 0 Å². The molecule has 0 saturated heterocycles. The maximum absolute atomic E-state index is 10.7. The van der Waals surface area contributed by atoms with Crippen LogP contribution in [0.4, 0.5) is 0 Å². The lowest BCUT2D eigenvalue weighted by atomic mass is 10.4. The molecule has 0 aromatic heterocycles. The maximum Gasteiger partial charge on any atom is 0.305 e. The fourth-order valence-corrected chi connectivity index (χ4v) is 0.843. The van der Waals surface area contributed by atoms with Gasteiger partial charge in [-0.3, -0.25) is 9.59 Å². The van der Waals surface area contributed by atoms with Crippen molar-refractivity contribution in [3.05, 3.63) is 0 Å². The van der Waals surface area contributed by atoms with E-state index >= 15 is 0 Å². The van der Waals surface area contributed by atoms with Gasteiger partial charge in [0.2, 0.25) is 5.91 Å². The lowest BCUT2D eigenvalue weighted by Crippen LogP contribution is -2.25. The van der Waals surface area contributed by atoms with Crippen LogP contribution in [0.5, 0.6) is 0 Å². The summed E-state index contributed by atoms with van der Waals surface area (Å²) in [6, 6.07) is 0. The van der Waals surface area contributed by atoms with Gasteiger partial charge in [0.1, 0.15) is 0 Å². The third-order valence-corrected chi connectivity index (χ3v) is 1.38. The molecule has 0 aliphatic carbocycles. The summed E-state index contributed by atoms with van der Waals surface area (Å²) in [5.41, 5.74) is 0. The highest BCUT2D eigenvalue weighted by Crippen LogP contribution is 1.86. The molecule has 5 heteroatoms. The van der Waals surface area contributed by atoms with Crippen LogP contribution in [0.15, 0.2) is 0 Å². The zero-order chi connectivity index (χ0) is 8.69. The fraction of sp³-hybridized carbons (Fsp3) is 0.667. The van der Waals surface area contributed by atoms with Gasteiger partial charge in [-0.15, -0.1) is 0 Å². The fourth-order valence-electron chi connectivity index (χ4n) is 0.483. The summed E-state index contributed by atoms with van der Waals surface area (Å²) >= 11 is 3.09. The van der Waals surface area contributed by atoms with Crippen LogP contribution in [0.25, 0.3) is 0 Å². The first-order chi connectivity index (χ1) is 5.16. The first kappa shape index (κ1) is 10.4. The minimum Gasteiger partial charge on any atom is -0.481 e. The second-order valence-electron chi connectivity index (χ2n) is 1.93. The van der Waals surface area contributed by atoms with Crippen LogP contribution in [0, 0.1) is 0 Å². The van der Waals surface area contributed by atoms with E-state index in [1.165, 1.54) is 0 Å². The number of amides is 1. The Kier molecular flexibility index (Phi) is 5.83. The summed E-state index contributed by atoms with van der Waals surface area (Å²) < 4.78 is 0. The van der Waals surface area contributed by atoms with Crippen LogP contribution >= 0.6 is 15.9 Å². The van der Waals surface area contributed by atoms with Crippen molar-refractivity contribution in [3.63, 3.8) is 0 Å². The van der Waals surface area contributed by atoms with Gasteiger partial charge < -0.3 is 10.4 Å². The van der Waals surface area contributed by atoms with Crippen molar-refractivity contribution in [1.82, 2.24) is 5.32 Å². The summed E-state index contributed by atoms with van der Waals surface area (Å²) in [5.74, 6) is -1.02. The molecule has 0 bridgehead atoms. The van der Waals surface area contributed by atoms with Gasteiger partial charge in [0.15, 0.2) is 0 Å². The lowest BCUT2D eigenvalue weighted by molar-refractivity contribution is -0.136. The molecule has 0 heterocycles. The number of carbonyl (C=O) groups is 2. The summed E-state index contributed by atoms with van der Waals surface area (Å²) in [5, 5.41) is 11.3. The largest absolute Gasteiger partial charge is 0.481 e. The van der Waals surface area contributed by atoms with Crippen LogP contribution in [0.2, 0.25) is 0 Å². The third kappa shape index (κ3) is 7.32. The number of carboxylic acid groups (broad SMARTS) is 1. The SMILES string of the molecule is O=C(O)CCNC(=O)CCBr. The first-order valence-corrected chi connectivity index (χ1v) is 4.33. The predicted molar refractivity (Wildman–Crippen MR) is 43.7 cm³/mol. The zero-order valence-corrected chi connectivity index (χ0v) is 7.56. The number of halogens is 1. The highest BCUT2D eigenvalue weighted by Gasteiger charge is 2.00. The number of nitrogens with one attached hydrogen (secondary N) is 1. The highest BCUT2D eigenvalue weighted by molar-refractivity contribution is 9.09. The van der Waals surface area contributed by atoms with Gasteiger partial charge in [-0.05, 0) is 0 Å². The second-order valence-corrected chi connectivity index (χ2v) is 2.73. The monoisotopic (exact) mass is 223 g/mol. The van der Waals surface area contributed by atoms with Crippen LogP contribution < -0.4 is 5.32 Å². The summed E-state index contributed by atoms with van der Waals surface area (Å²) in [4.78, 5) is 20.7. The number of aliphatic carboxylic acids is 1.